The zero-order chi connectivity index (χ0) is 15.5. The number of carbonyl (C=O) groups is 1. The summed E-state index contributed by atoms with van der Waals surface area (Å²) in [5.41, 5.74) is 2.91. The zero-order valence-corrected chi connectivity index (χ0v) is 12.4. The fourth-order valence-electron chi connectivity index (χ4n) is 1.82. The largest absolute Gasteiger partial charge is 0.478 e. The van der Waals surface area contributed by atoms with E-state index in [9.17, 15) is 4.79 Å². The summed E-state index contributed by atoms with van der Waals surface area (Å²) in [5.74, 6) is -0.948. The Morgan fingerprint density at radius 1 is 0.952 bits per heavy atom. The van der Waals surface area contributed by atoms with Gasteiger partial charge in [-0.2, -0.15) is 10.2 Å². The Balaban J connectivity index is 2.19. The fraction of sp³-hybridized carbons (Fsp3) is 0.235. The maximum Gasteiger partial charge on any atom is 0.335 e. The van der Waals surface area contributed by atoms with Crippen molar-refractivity contribution in [2.75, 3.05) is 0 Å². The molecular weight excluding hydrogens is 264 g/mol. The van der Waals surface area contributed by atoms with Crippen LogP contribution in [0.2, 0.25) is 0 Å². The molecule has 2 rings (SSSR count). The lowest BCUT2D eigenvalue weighted by Crippen LogP contribution is -2.10. The fourth-order valence-corrected chi connectivity index (χ4v) is 1.82. The zero-order valence-electron chi connectivity index (χ0n) is 12.4. The number of rotatable bonds is 3. The molecule has 0 atom stereocenters. The standard InChI is InChI=1S/C17H18N2O2/c1-17(2,3)13-5-4-6-15(11-13)19-18-14-9-7-12(8-10-14)16(20)21/h4-11H,1-3H3,(H,20,21)/b19-18+. The summed E-state index contributed by atoms with van der Waals surface area (Å²) in [6.07, 6.45) is 0. The van der Waals surface area contributed by atoms with Crippen molar-refractivity contribution < 1.29 is 9.90 Å². The van der Waals surface area contributed by atoms with Gasteiger partial charge in [0.15, 0.2) is 0 Å². The van der Waals surface area contributed by atoms with Gasteiger partial charge < -0.3 is 5.11 Å². The summed E-state index contributed by atoms with van der Waals surface area (Å²) >= 11 is 0. The minimum Gasteiger partial charge on any atom is -0.478 e. The molecule has 4 heteroatoms. The van der Waals surface area contributed by atoms with Crippen molar-refractivity contribution in [1.29, 1.82) is 0 Å². The van der Waals surface area contributed by atoms with Gasteiger partial charge in [0.1, 0.15) is 0 Å². The Morgan fingerprint density at radius 3 is 2.14 bits per heavy atom. The molecule has 0 aliphatic heterocycles. The van der Waals surface area contributed by atoms with Gasteiger partial charge in [0.25, 0.3) is 0 Å². The van der Waals surface area contributed by atoms with E-state index in [0.717, 1.165) is 5.69 Å². The van der Waals surface area contributed by atoms with Gasteiger partial charge in [-0.05, 0) is 47.4 Å². The highest BCUT2D eigenvalue weighted by Gasteiger charge is 2.13. The first-order valence-corrected chi connectivity index (χ1v) is 6.72. The molecule has 1 N–H and O–H groups in total. The van der Waals surface area contributed by atoms with Gasteiger partial charge in [-0.15, -0.1) is 0 Å². The molecule has 0 radical (unpaired) electrons. The van der Waals surface area contributed by atoms with Crippen molar-refractivity contribution in [2.24, 2.45) is 10.2 Å². The van der Waals surface area contributed by atoms with Crippen molar-refractivity contribution in [1.82, 2.24) is 0 Å². The molecule has 0 saturated heterocycles. The average Bonchev–Trinajstić information content (AvgIpc) is 2.45. The summed E-state index contributed by atoms with van der Waals surface area (Å²) in [6, 6.07) is 14.2. The van der Waals surface area contributed by atoms with E-state index in [-0.39, 0.29) is 11.0 Å². The van der Waals surface area contributed by atoms with Crippen molar-refractivity contribution >= 4 is 17.3 Å². The monoisotopic (exact) mass is 282 g/mol. The quantitative estimate of drug-likeness (QED) is 0.796. The first-order valence-electron chi connectivity index (χ1n) is 6.72. The summed E-state index contributed by atoms with van der Waals surface area (Å²) in [5, 5.41) is 17.2. The Kier molecular flexibility index (Phi) is 4.17. The summed E-state index contributed by atoms with van der Waals surface area (Å²) in [4.78, 5) is 10.8. The molecule has 2 aromatic rings. The topological polar surface area (TPSA) is 62.0 Å². The van der Waals surface area contributed by atoms with Crippen LogP contribution in [0.5, 0.6) is 0 Å². The van der Waals surface area contributed by atoms with Gasteiger partial charge in [-0.1, -0.05) is 32.9 Å². The Labute approximate surface area is 124 Å². The van der Waals surface area contributed by atoms with Gasteiger partial charge in [0, 0.05) is 0 Å². The van der Waals surface area contributed by atoms with Crippen LogP contribution in [0.3, 0.4) is 0 Å². The van der Waals surface area contributed by atoms with Crippen molar-refractivity contribution in [3.05, 3.63) is 59.7 Å². The van der Waals surface area contributed by atoms with Gasteiger partial charge in [0.05, 0.1) is 16.9 Å². The van der Waals surface area contributed by atoms with E-state index < -0.39 is 5.97 Å². The molecule has 0 bridgehead atoms. The Bertz CT molecular complexity index is 668. The molecule has 0 aliphatic carbocycles. The number of benzene rings is 2. The normalized spacial score (nSPS) is 11.8. The summed E-state index contributed by atoms with van der Waals surface area (Å²) in [7, 11) is 0. The molecular formula is C17H18N2O2. The minimum atomic E-state index is -0.948. The molecule has 0 aliphatic rings. The summed E-state index contributed by atoms with van der Waals surface area (Å²) < 4.78 is 0. The van der Waals surface area contributed by atoms with Crippen LogP contribution in [0.4, 0.5) is 11.4 Å². The second-order valence-electron chi connectivity index (χ2n) is 5.85. The van der Waals surface area contributed by atoms with Crippen molar-refractivity contribution in [3.63, 3.8) is 0 Å². The highest BCUT2D eigenvalue weighted by atomic mass is 16.4. The highest BCUT2D eigenvalue weighted by molar-refractivity contribution is 5.87. The third kappa shape index (κ3) is 3.99. The maximum atomic E-state index is 10.8. The van der Waals surface area contributed by atoms with Crippen LogP contribution >= 0.6 is 0 Å². The lowest BCUT2D eigenvalue weighted by molar-refractivity contribution is 0.0697. The maximum absolute atomic E-state index is 10.8. The van der Waals surface area contributed by atoms with Crippen molar-refractivity contribution in [3.8, 4) is 0 Å². The molecule has 0 fully saturated rings. The SMILES string of the molecule is CC(C)(C)c1cccc(/N=N/c2ccc(C(=O)O)cc2)c1. The molecule has 2 aromatic carbocycles. The van der Waals surface area contributed by atoms with E-state index in [1.807, 2.05) is 18.2 Å². The second-order valence-corrected chi connectivity index (χ2v) is 5.85. The predicted octanol–water partition coefficient (Wildman–Crippen LogP) is 5.10. The summed E-state index contributed by atoms with van der Waals surface area (Å²) in [6.45, 7) is 6.44. The molecule has 0 saturated carbocycles. The van der Waals surface area contributed by atoms with Gasteiger partial charge >= 0.3 is 5.97 Å². The van der Waals surface area contributed by atoms with E-state index >= 15 is 0 Å². The van der Waals surface area contributed by atoms with Crippen LogP contribution in [0.1, 0.15) is 36.7 Å². The lowest BCUT2D eigenvalue weighted by Gasteiger charge is -2.18. The minimum absolute atomic E-state index is 0.0642. The third-order valence-electron chi connectivity index (χ3n) is 3.11. The van der Waals surface area contributed by atoms with Crippen molar-refractivity contribution in [2.45, 2.75) is 26.2 Å². The molecule has 0 spiro atoms. The lowest BCUT2D eigenvalue weighted by atomic mass is 9.87. The third-order valence-corrected chi connectivity index (χ3v) is 3.11. The molecule has 0 amide bonds. The highest BCUT2D eigenvalue weighted by Crippen LogP contribution is 2.26. The van der Waals surface area contributed by atoms with Crippen LogP contribution in [-0.2, 0) is 5.41 Å². The first-order chi connectivity index (χ1) is 9.86. The van der Waals surface area contributed by atoms with E-state index in [1.54, 1.807) is 12.1 Å². The molecule has 0 aromatic heterocycles. The smallest absolute Gasteiger partial charge is 0.335 e. The molecule has 0 heterocycles. The molecule has 108 valence electrons. The van der Waals surface area contributed by atoms with Gasteiger partial charge in [-0.25, -0.2) is 4.79 Å². The van der Waals surface area contributed by atoms with Crippen LogP contribution in [0.25, 0.3) is 0 Å². The number of azo groups is 1. The van der Waals surface area contributed by atoms with Gasteiger partial charge in [0.2, 0.25) is 0 Å². The first kappa shape index (κ1) is 14.9. The number of aromatic carboxylic acids is 1. The van der Waals surface area contributed by atoms with E-state index in [0.29, 0.717) is 5.69 Å². The number of carboxylic acid groups (broad SMARTS) is 1. The van der Waals surface area contributed by atoms with Crippen LogP contribution < -0.4 is 0 Å². The Morgan fingerprint density at radius 2 is 1.57 bits per heavy atom. The van der Waals surface area contributed by atoms with E-state index in [4.69, 9.17) is 5.11 Å². The molecule has 4 nitrogen and oxygen atoms in total. The van der Waals surface area contributed by atoms with Crippen LogP contribution in [0, 0.1) is 0 Å². The van der Waals surface area contributed by atoms with Crippen LogP contribution in [0.15, 0.2) is 58.8 Å². The predicted molar refractivity (Wildman–Crippen MR) is 82.7 cm³/mol. The molecule has 0 unspecified atom stereocenters. The number of nitrogens with zero attached hydrogens (tertiary/aromatic N) is 2. The number of hydrogen-bond acceptors (Lipinski definition) is 3. The number of hydrogen-bond donors (Lipinski definition) is 1. The molecule has 21 heavy (non-hydrogen) atoms. The number of carboxylic acids is 1. The van der Waals surface area contributed by atoms with E-state index in [1.165, 1.54) is 17.7 Å². The van der Waals surface area contributed by atoms with Crippen LogP contribution in [-0.4, -0.2) is 11.1 Å². The van der Waals surface area contributed by atoms with E-state index in [2.05, 4.69) is 37.1 Å². The Hall–Kier alpha value is -2.49. The average molecular weight is 282 g/mol. The van der Waals surface area contributed by atoms with Gasteiger partial charge in [-0.3, -0.25) is 0 Å². The second kappa shape index (κ2) is 5.87.